The Labute approximate surface area is 154 Å². The van der Waals surface area contributed by atoms with E-state index in [2.05, 4.69) is 15.3 Å². The molecule has 0 aliphatic carbocycles. The molecule has 1 heterocycles. The average Bonchev–Trinajstić information content (AvgIpc) is 2.53. The summed E-state index contributed by atoms with van der Waals surface area (Å²) >= 11 is 1.06. The van der Waals surface area contributed by atoms with E-state index in [1.54, 1.807) is 20.8 Å². The smallest absolute Gasteiger partial charge is 0.316 e. The maximum Gasteiger partial charge on any atom is 0.316 e. The molecule has 26 heavy (non-hydrogen) atoms. The van der Waals surface area contributed by atoms with E-state index in [0.29, 0.717) is 5.69 Å². The zero-order chi connectivity index (χ0) is 19.3. The number of hydrogen-bond donors (Lipinski definition) is 2. The number of halogens is 1. The van der Waals surface area contributed by atoms with Crippen molar-refractivity contribution < 1.29 is 18.7 Å². The molecule has 7 nitrogen and oxygen atoms in total. The van der Waals surface area contributed by atoms with Crippen LogP contribution in [0.4, 0.5) is 15.9 Å². The zero-order valence-electron chi connectivity index (χ0n) is 14.6. The van der Waals surface area contributed by atoms with E-state index in [4.69, 9.17) is 10.5 Å². The van der Waals surface area contributed by atoms with Gasteiger partial charge in [0.05, 0.1) is 5.75 Å². The van der Waals surface area contributed by atoms with E-state index in [-0.39, 0.29) is 22.3 Å². The number of nitrogen functional groups attached to an aromatic ring is 1. The average molecular weight is 378 g/mol. The van der Waals surface area contributed by atoms with E-state index in [0.717, 1.165) is 11.8 Å². The molecule has 2 aromatic rings. The molecule has 0 unspecified atom stereocenters. The van der Waals surface area contributed by atoms with Crippen LogP contribution in [0.5, 0.6) is 0 Å². The van der Waals surface area contributed by atoms with Gasteiger partial charge < -0.3 is 15.8 Å². The summed E-state index contributed by atoms with van der Waals surface area (Å²) in [6, 6.07) is 5.31. The van der Waals surface area contributed by atoms with Crippen molar-refractivity contribution in [2.75, 3.05) is 16.8 Å². The summed E-state index contributed by atoms with van der Waals surface area (Å²) in [7, 11) is 0. The lowest BCUT2D eigenvalue weighted by molar-refractivity contribution is -0.151. The zero-order valence-corrected chi connectivity index (χ0v) is 15.4. The summed E-state index contributed by atoms with van der Waals surface area (Å²) < 4.78 is 18.1. The van der Waals surface area contributed by atoms with Crippen LogP contribution in [0.1, 0.15) is 31.1 Å². The maximum absolute atomic E-state index is 12.9. The minimum atomic E-state index is -0.570. The number of ether oxygens (including phenoxy) is 1. The standard InChI is InChI=1S/C17H19FN4O3S/c1-17(2,3)25-13(23)9-26-16-20-8-12(14(19)22-16)15(24)21-11-6-4-10(18)5-7-11/h4-8H,9H2,1-3H3,(H,21,24)(H2,19,20,22). The van der Waals surface area contributed by atoms with Crippen LogP contribution in [0.15, 0.2) is 35.6 Å². The largest absolute Gasteiger partial charge is 0.459 e. The first-order valence-electron chi connectivity index (χ1n) is 7.68. The van der Waals surface area contributed by atoms with Crippen LogP contribution >= 0.6 is 11.8 Å². The van der Waals surface area contributed by atoms with Crippen molar-refractivity contribution in [2.24, 2.45) is 0 Å². The summed E-state index contributed by atoms with van der Waals surface area (Å²) in [5.74, 6) is -1.32. The van der Waals surface area contributed by atoms with Gasteiger partial charge in [-0.2, -0.15) is 0 Å². The van der Waals surface area contributed by atoms with E-state index < -0.39 is 23.3 Å². The molecule has 1 aromatic carbocycles. The van der Waals surface area contributed by atoms with Gasteiger partial charge in [-0.15, -0.1) is 0 Å². The second kappa shape index (κ2) is 8.13. The Morgan fingerprint density at radius 3 is 2.50 bits per heavy atom. The fraction of sp³-hybridized carbons (Fsp3) is 0.294. The van der Waals surface area contributed by atoms with Gasteiger partial charge in [0.25, 0.3) is 5.91 Å². The lowest BCUT2D eigenvalue weighted by Gasteiger charge is -2.19. The van der Waals surface area contributed by atoms with Gasteiger partial charge in [-0.05, 0) is 45.0 Å². The fourth-order valence-electron chi connectivity index (χ4n) is 1.85. The number of rotatable bonds is 5. The first kappa shape index (κ1) is 19.6. The van der Waals surface area contributed by atoms with Crippen molar-refractivity contribution in [3.63, 3.8) is 0 Å². The molecule has 0 aliphatic heterocycles. The first-order chi connectivity index (χ1) is 12.1. The number of hydrogen-bond acceptors (Lipinski definition) is 7. The Balaban J connectivity index is 1.99. The first-order valence-corrected chi connectivity index (χ1v) is 8.67. The molecule has 3 N–H and O–H groups in total. The highest BCUT2D eigenvalue weighted by Crippen LogP contribution is 2.19. The maximum atomic E-state index is 12.9. The molecule has 0 fully saturated rings. The number of nitrogens with two attached hydrogens (primary N) is 1. The molecular weight excluding hydrogens is 359 g/mol. The molecule has 2 rings (SSSR count). The van der Waals surface area contributed by atoms with Crippen LogP contribution < -0.4 is 11.1 Å². The van der Waals surface area contributed by atoms with Gasteiger partial charge in [-0.1, -0.05) is 11.8 Å². The Kier molecular flexibility index (Phi) is 6.14. The predicted molar refractivity (Wildman–Crippen MR) is 97.4 cm³/mol. The van der Waals surface area contributed by atoms with E-state index in [1.807, 2.05) is 0 Å². The molecule has 0 saturated carbocycles. The SMILES string of the molecule is CC(C)(C)OC(=O)CSc1ncc(C(=O)Nc2ccc(F)cc2)c(N)n1. The van der Waals surface area contributed by atoms with Crippen LogP contribution in [0.2, 0.25) is 0 Å². The van der Waals surface area contributed by atoms with Crippen LogP contribution in [0.3, 0.4) is 0 Å². The molecule has 138 valence electrons. The number of nitrogens with zero attached hydrogens (tertiary/aromatic N) is 2. The topological polar surface area (TPSA) is 107 Å². The third-order valence-electron chi connectivity index (χ3n) is 2.88. The van der Waals surface area contributed by atoms with Crippen LogP contribution in [-0.4, -0.2) is 33.2 Å². The number of thioether (sulfide) groups is 1. The summed E-state index contributed by atoms with van der Waals surface area (Å²) in [4.78, 5) is 32.0. The minimum Gasteiger partial charge on any atom is -0.459 e. The highest BCUT2D eigenvalue weighted by atomic mass is 32.2. The van der Waals surface area contributed by atoms with E-state index in [1.165, 1.54) is 30.5 Å². The number of amides is 1. The highest BCUT2D eigenvalue weighted by molar-refractivity contribution is 7.99. The Hall–Kier alpha value is -2.68. The molecule has 0 aliphatic rings. The Morgan fingerprint density at radius 2 is 1.92 bits per heavy atom. The van der Waals surface area contributed by atoms with Gasteiger partial charge in [-0.25, -0.2) is 14.4 Å². The van der Waals surface area contributed by atoms with Gasteiger partial charge in [0, 0.05) is 11.9 Å². The molecule has 0 saturated heterocycles. The molecule has 0 spiro atoms. The number of benzene rings is 1. The van der Waals surface area contributed by atoms with E-state index >= 15 is 0 Å². The van der Waals surface area contributed by atoms with E-state index in [9.17, 15) is 14.0 Å². The van der Waals surface area contributed by atoms with Crippen molar-refractivity contribution in [2.45, 2.75) is 31.5 Å². The number of nitrogens with one attached hydrogen (secondary N) is 1. The molecule has 1 aromatic heterocycles. The van der Waals surface area contributed by atoms with Gasteiger partial charge in [0.15, 0.2) is 5.16 Å². The summed E-state index contributed by atoms with van der Waals surface area (Å²) in [5.41, 5.74) is 5.73. The summed E-state index contributed by atoms with van der Waals surface area (Å²) in [6.45, 7) is 5.33. The molecule has 0 bridgehead atoms. The van der Waals surface area contributed by atoms with Gasteiger partial charge in [0.2, 0.25) is 0 Å². The second-order valence-electron chi connectivity index (χ2n) is 6.29. The molecule has 0 radical (unpaired) electrons. The minimum absolute atomic E-state index is 0.0219. The lowest BCUT2D eigenvalue weighted by atomic mass is 10.2. The van der Waals surface area contributed by atoms with Gasteiger partial charge in [0.1, 0.15) is 22.8 Å². The number of anilines is 2. The lowest BCUT2D eigenvalue weighted by Crippen LogP contribution is -2.25. The van der Waals surface area contributed by atoms with Crippen LogP contribution in [0, 0.1) is 5.82 Å². The quantitative estimate of drug-likeness (QED) is 0.468. The molecule has 1 amide bonds. The van der Waals surface area contributed by atoms with Crippen LogP contribution in [-0.2, 0) is 9.53 Å². The fourth-order valence-corrected chi connectivity index (χ4v) is 2.44. The second-order valence-corrected chi connectivity index (χ2v) is 7.23. The monoisotopic (exact) mass is 378 g/mol. The third kappa shape index (κ3) is 5.99. The normalized spacial score (nSPS) is 11.1. The van der Waals surface area contributed by atoms with Crippen molar-refractivity contribution >= 4 is 35.1 Å². The Bertz CT molecular complexity index is 807. The molecular formula is C17H19FN4O3S. The van der Waals surface area contributed by atoms with Crippen molar-refractivity contribution in [3.8, 4) is 0 Å². The van der Waals surface area contributed by atoms with Crippen molar-refractivity contribution in [1.29, 1.82) is 0 Å². The van der Waals surface area contributed by atoms with Crippen molar-refractivity contribution in [1.82, 2.24) is 9.97 Å². The number of aromatic nitrogens is 2. The molecule has 9 heteroatoms. The summed E-state index contributed by atoms with van der Waals surface area (Å²) in [6.07, 6.45) is 1.28. The Morgan fingerprint density at radius 1 is 1.27 bits per heavy atom. The predicted octanol–water partition coefficient (Wildman–Crippen LogP) is 2.88. The van der Waals surface area contributed by atoms with Crippen LogP contribution in [0.25, 0.3) is 0 Å². The van der Waals surface area contributed by atoms with Crippen molar-refractivity contribution in [3.05, 3.63) is 41.8 Å². The number of esters is 1. The third-order valence-corrected chi connectivity index (χ3v) is 3.72. The van der Waals surface area contributed by atoms with Gasteiger partial charge in [-0.3, -0.25) is 9.59 Å². The summed E-state index contributed by atoms with van der Waals surface area (Å²) in [5, 5.41) is 2.83. The molecule has 0 atom stereocenters. The number of carbonyl (C=O) groups is 2. The van der Waals surface area contributed by atoms with Gasteiger partial charge >= 0.3 is 5.97 Å². The highest BCUT2D eigenvalue weighted by Gasteiger charge is 2.18. The number of carbonyl (C=O) groups excluding carboxylic acids is 2.